The van der Waals surface area contributed by atoms with Gasteiger partial charge in [0.1, 0.15) is 17.7 Å². The maximum absolute atomic E-state index is 13.5. The fraction of sp³-hybridized carbons (Fsp3) is 0.269. The Morgan fingerprint density at radius 1 is 0.912 bits per heavy atom. The van der Waals surface area contributed by atoms with Gasteiger partial charge in [0, 0.05) is 12.0 Å². The van der Waals surface area contributed by atoms with Gasteiger partial charge < -0.3 is 19.5 Å². The predicted molar refractivity (Wildman–Crippen MR) is 115 cm³/mol. The molecule has 3 aromatic carbocycles. The normalized spacial score (nSPS) is 22.9. The van der Waals surface area contributed by atoms with E-state index in [0.717, 1.165) is 11.1 Å². The zero-order valence-electron chi connectivity index (χ0n) is 17.9. The fourth-order valence-electron chi connectivity index (χ4n) is 4.75. The third-order valence-electron chi connectivity index (χ3n) is 6.70. The molecule has 1 saturated carbocycles. The summed E-state index contributed by atoms with van der Waals surface area (Å²) < 4.78 is 55.5. The number of carbonyl (C=O) groups excluding carboxylic acids is 1. The van der Waals surface area contributed by atoms with E-state index >= 15 is 0 Å². The summed E-state index contributed by atoms with van der Waals surface area (Å²) in [6.45, 7) is 0. The Morgan fingerprint density at radius 2 is 1.65 bits per heavy atom. The van der Waals surface area contributed by atoms with Crippen LogP contribution in [0, 0.1) is 5.82 Å². The van der Waals surface area contributed by atoms with Gasteiger partial charge in [-0.25, -0.2) is 4.39 Å². The Kier molecular flexibility index (Phi) is 4.56. The van der Waals surface area contributed by atoms with Gasteiger partial charge in [-0.15, -0.1) is 8.78 Å². The molecule has 2 atom stereocenters. The average molecular weight is 467 g/mol. The van der Waals surface area contributed by atoms with Crippen molar-refractivity contribution in [2.45, 2.75) is 43.1 Å². The number of rotatable bonds is 4. The van der Waals surface area contributed by atoms with Crippen molar-refractivity contribution in [1.29, 1.82) is 0 Å². The molecule has 0 saturated heterocycles. The number of alkyl halides is 2. The van der Waals surface area contributed by atoms with Gasteiger partial charge in [-0.1, -0.05) is 36.4 Å². The summed E-state index contributed by atoms with van der Waals surface area (Å²) in [4.78, 5) is 13.5. The molecule has 0 aromatic heterocycles. The number of hydrogen-bond donors (Lipinski definition) is 1. The largest absolute Gasteiger partial charge is 0.586 e. The molecule has 3 aromatic rings. The zero-order chi connectivity index (χ0) is 23.5. The van der Waals surface area contributed by atoms with Crippen molar-refractivity contribution in [1.82, 2.24) is 5.32 Å². The molecular weight excluding hydrogens is 447 g/mol. The Hall–Kier alpha value is -3.68. The molecule has 0 radical (unpaired) electrons. The summed E-state index contributed by atoms with van der Waals surface area (Å²) in [5.41, 5.74) is 1.47. The monoisotopic (exact) mass is 467 g/mol. The van der Waals surface area contributed by atoms with E-state index in [4.69, 9.17) is 4.74 Å². The first-order valence-corrected chi connectivity index (χ1v) is 11.1. The number of benzene rings is 3. The Morgan fingerprint density at radius 3 is 2.41 bits per heavy atom. The van der Waals surface area contributed by atoms with Crippen LogP contribution in [0.5, 0.6) is 17.2 Å². The Balaban J connectivity index is 1.26. The SMILES string of the molecule is O=C(NC1CC(c2ccc(F)cc2)Oc2ccccc21)C1(c2ccc3c(c2)OC(F)(F)O3)CC1. The van der Waals surface area contributed by atoms with Gasteiger partial charge in [-0.3, -0.25) is 4.79 Å². The molecule has 2 heterocycles. The number of fused-ring (bicyclic) bond motifs is 2. The molecule has 0 bridgehead atoms. The number of hydrogen-bond acceptors (Lipinski definition) is 4. The molecule has 1 N–H and O–H groups in total. The van der Waals surface area contributed by atoms with E-state index in [2.05, 4.69) is 14.8 Å². The highest BCUT2D eigenvalue weighted by Gasteiger charge is 2.53. The number of nitrogens with one attached hydrogen (secondary N) is 1. The van der Waals surface area contributed by atoms with Crippen molar-refractivity contribution in [3.05, 3.63) is 89.2 Å². The molecule has 1 amide bonds. The Bertz CT molecular complexity index is 1270. The second-order valence-corrected chi connectivity index (χ2v) is 8.87. The van der Waals surface area contributed by atoms with Crippen LogP contribution in [0.15, 0.2) is 66.7 Å². The summed E-state index contributed by atoms with van der Waals surface area (Å²) in [5, 5.41) is 3.16. The number of halogens is 3. The number of para-hydroxylation sites is 1. The first kappa shape index (κ1) is 20.9. The van der Waals surface area contributed by atoms with E-state index in [1.54, 1.807) is 18.2 Å². The molecule has 2 aliphatic heterocycles. The maximum atomic E-state index is 13.5. The molecule has 0 spiro atoms. The van der Waals surface area contributed by atoms with E-state index in [1.807, 2.05) is 24.3 Å². The van der Waals surface area contributed by atoms with Gasteiger partial charge in [-0.05, 0) is 54.3 Å². The van der Waals surface area contributed by atoms with Gasteiger partial charge in [-0.2, -0.15) is 0 Å². The van der Waals surface area contributed by atoms with E-state index in [9.17, 15) is 18.0 Å². The van der Waals surface area contributed by atoms with Crippen LogP contribution in [0.2, 0.25) is 0 Å². The highest BCUT2D eigenvalue weighted by atomic mass is 19.3. The first-order valence-electron chi connectivity index (χ1n) is 11.1. The van der Waals surface area contributed by atoms with E-state index < -0.39 is 11.7 Å². The minimum Gasteiger partial charge on any atom is -0.485 e. The molecule has 6 rings (SSSR count). The Labute approximate surface area is 193 Å². The minimum atomic E-state index is -3.71. The molecule has 3 aliphatic rings. The molecule has 1 aliphatic carbocycles. The second kappa shape index (κ2) is 7.41. The van der Waals surface area contributed by atoms with E-state index in [1.165, 1.54) is 24.3 Å². The first-order chi connectivity index (χ1) is 16.3. The molecule has 5 nitrogen and oxygen atoms in total. The van der Waals surface area contributed by atoms with Crippen LogP contribution in [0.25, 0.3) is 0 Å². The standard InChI is InChI=1S/C26H20F3NO4/c27-17-8-5-15(6-9-17)22-14-19(18-3-1-2-4-20(18)32-22)30-24(31)25(11-12-25)16-7-10-21-23(13-16)34-26(28,29)33-21/h1-10,13,19,22H,11-12,14H2,(H,30,31). The summed E-state index contributed by atoms with van der Waals surface area (Å²) in [7, 11) is 0. The molecule has 174 valence electrons. The van der Waals surface area contributed by atoms with Gasteiger partial charge in [0.2, 0.25) is 5.91 Å². The van der Waals surface area contributed by atoms with Crippen LogP contribution >= 0.6 is 0 Å². The van der Waals surface area contributed by atoms with Crippen LogP contribution in [0.3, 0.4) is 0 Å². The van der Waals surface area contributed by atoms with Crippen molar-refractivity contribution in [2.24, 2.45) is 0 Å². The topological polar surface area (TPSA) is 56.8 Å². The lowest BCUT2D eigenvalue weighted by Gasteiger charge is -2.34. The van der Waals surface area contributed by atoms with Crippen molar-refractivity contribution < 1.29 is 32.2 Å². The quantitative estimate of drug-likeness (QED) is 0.546. The van der Waals surface area contributed by atoms with Crippen LogP contribution in [-0.4, -0.2) is 12.2 Å². The summed E-state index contributed by atoms with van der Waals surface area (Å²) in [6, 6.07) is 17.8. The van der Waals surface area contributed by atoms with Crippen molar-refractivity contribution in [2.75, 3.05) is 0 Å². The zero-order valence-corrected chi connectivity index (χ0v) is 17.9. The van der Waals surface area contributed by atoms with Crippen molar-refractivity contribution in [3.8, 4) is 17.2 Å². The summed E-state index contributed by atoms with van der Waals surface area (Å²) >= 11 is 0. The number of carbonyl (C=O) groups is 1. The van der Waals surface area contributed by atoms with Gasteiger partial charge >= 0.3 is 6.29 Å². The predicted octanol–water partition coefficient (Wildman–Crippen LogP) is 5.56. The second-order valence-electron chi connectivity index (χ2n) is 8.87. The van der Waals surface area contributed by atoms with Crippen molar-refractivity contribution in [3.63, 3.8) is 0 Å². The lowest BCUT2D eigenvalue weighted by atomic mass is 9.90. The summed E-state index contributed by atoms with van der Waals surface area (Å²) in [6.07, 6.45) is -2.40. The van der Waals surface area contributed by atoms with E-state index in [0.29, 0.717) is 30.6 Å². The third-order valence-corrected chi connectivity index (χ3v) is 6.70. The van der Waals surface area contributed by atoms with Crippen molar-refractivity contribution >= 4 is 5.91 Å². The van der Waals surface area contributed by atoms with Crippen LogP contribution in [-0.2, 0) is 10.2 Å². The lowest BCUT2D eigenvalue weighted by Crippen LogP contribution is -2.39. The summed E-state index contributed by atoms with van der Waals surface area (Å²) in [5.74, 6) is 0.0167. The highest BCUT2D eigenvalue weighted by Crippen LogP contribution is 2.52. The van der Waals surface area contributed by atoms with Gasteiger partial charge in [0.25, 0.3) is 0 Å². The van der Waals surface area contributed by atoms with Crippen LogP contribution in [0.4, 0.5) is 13.2 Å². The van der Waals surface area contributed by atoms with Crippen LogP contribution < -0.4 is 19.5 Å². The average Bonchev–Trinajstić information content (AvgIpc) is 3.56. The molecule has 34 heavy (non-hydrogen) atoms. The van der Waals surface area contributed by atoms with Crippen LogP contribution in [0.1, 0.15) is 48.1 Å². The highest BCUT2D eigenvalue weighted by molar-refractivity contribution is 5.92. The smallest absolute Gasteiger partial charge is 0.485 e. The number of amides is 1. The molecular formula is C26H20F3NO4. The molecule has 1 fully saturated rings. The number of ether oxygens (including phenoxy) is 3. The van der Waals surface area contributed by atoms with E-state index in [-0.39, 0.29) is 35.4 Å². The minimum absolute atomic E-state index is 0.0505. The fourth-order valence-corrected chi connectivity index (χ4v) is 4.75. The maximum Gasteiger partial charge on any atom is 0.586 e. The van der Waals surface area contributed by atoms with Gasteiger partial charge in [0.05, 0.1) is 11.5 Å². The third kappa shape index (κ3) is 3.54. The lowest BCUT2D eigenvalue weighted by molar-refractivity contribution is -0.286. The van der Waals surface area contributed by atoms with Gasteiger partial charge in [0.15, 0.2) is 11.5 Å². The molecule has 8 heteroatoms. The molecule has 2 unspecified atom stereocenters.